The van der Waals surface area contributed by atoms with Crippen molar-refractivity contribution in [2.24, 2.45) is 5.92 Å². The fourth-order valence-corrected chi connectivity index (χ4v) is 4.73. The van der Waals surface area contributed by atoms with Gasteiger partial charge in [-0.1, -0.05) is 25.4 Å². The summed E-state index contributed by atoms with van der Waals surface area (Å²) in [5, 5.41) is 4.91. The van der Waals surface area contributed by atoms with E-state index < -0.39 is 0 Å². The highest BCUT2D eigenvalue weighted by atomic mass is 35.5. The molecular formula is C26H29ClN6. The van der Waals surface area contributed by atoms with Gasteiger partial charge >= 0.3 is 0 Å². The van der Waals surface area contributed by atoms with E-state index in [0.29, 0.717) is 11.0 Å². The lowest BCUT2D eigenvalue weighted by Gasteiger charge is -2.36. The summed E-state index contributed by atoms with van der Waals surface area (Å²) in [7, 11) is 0. The Labute approximate surface area is 199 Å². The van der Waals surface area contributed by atoms with E-state index in [-0.39, 0.29) is 0 Å². The summed E-state index contributed by atoms with van der Waals surface area (Å²) in [6.45, 7) is 10.1. The highest BCUT2D eigenvalue weighted by Gasteiger charge is 2.17. The predicted octanol–water partition coefficient (Wildman–Crippen LogP) is 5.80. The van der Waals surface area contributed by atoms with Crippen molar-refractivity contribution in [1.82, 2.24) is 19.9 Å². The van der Waals surface area contributed by atoms with Gasteiger partial charge in [0, 0.05) is 67.4 Å². The van der Waals surface area contributed by atoms with Crippen molar-refractivity contribution in [2.45, 2.75) is 13.8 Å². The first kappa shape index (κ1) is 21.7. The fraction of sp³-hybridized carbons (Fsp3) is 0.308. The van der Waals surface area contributed by atoms with Gasteiger partial charge in [-0.3, -0.25) is 4.90 Å². The third-order valence-electron chi connectivity index (χ3n) is 6.06. The van der Waals surface area contributed by atoms with Gasteiger partial charge in [0.2, 0.25) is 0 Å². The van der Waals surface area contributed by atoms with Crippen LogP contribution in [0.3, 0.4) is 0 Å². The van der Waals surface area contributed by atoms with Crippen LogP contribution in [0, 0.1) is 5.92 Å². The zero-order valence-corrected chi connectivity index (χ0v) is 19.8. The van der Waals surface area contributed by atoms with E-state index in [0.717, 1.165) is 59.9 Å². The second kappa shape index (κ2) is 9.41. The molecule has 5 rings (SSSR count). The number of nitrogens with one attached hydrogen (secondary N) is 2. The Morgan fingerprint density at radius 2 is 1.85 bits per heavy atom. The predicted molar refractivity (Wildman–Crippen MR) is 138 cm³/mol. The van der Waals surface area contributed by atoms with Gasteiger partial charge in [-0.15, -0.1) is 0 Å². The lowest BCUT2D eigenvalue weighted by Crippen LogP contribution is -2.47. The van der Waals surface area contributed by atoms with E-state index in [1.165, 1.54) is 12.2 Å². The van der Waals surface area contributed by atoms with Crippen molar-refractivity contribution < 1.29 is 0 Å². The molecule has 0 atom stereocenters. The van der Waals surface area contributed by atoms with Crippen LogP contribution in [0.5, 0.6) is 0 Å². The molecule has 1 aromatic carbocycles. The molecule has 0 spiro atoms. The summed E-state index contributed by atoms with van der Waals surface area (Å²) in [6, 6.07) is 16.5. The van der Waals surface area contributed by atoms with Crippen molar-refractivity contribution in [3.63, 3.8) is 0 Å². The highest BCUT2D eigenvalue weighted by Crippen LogP contribution is 2.31. The molecule has 4 heterocycles. The van der Waals surface area contributed by atoms with Crippen LogP contribution in [0.1, 0.15) is 13.8 Å². The first-order valence-electron chi connectivity index (χ1n) is 11.5. The SMILES string of the molecule is CC(C)CN1CCN(c2ccc(Nc3cc(-c4c[nH]c5ncccc45)cc(Cl)n3)cc2)CC1. The molecule has 1 saturated heterocycles. The number of fused-ring (bicyclic) bond motifs is 1. The Morgan fingerprint density at radius 1 is 1.06 bits per heavy atom. The number of piperazine rings is 1. The number of benzene rings is 1. The lowest BCUT2D eigenvalue weighted by molar-refractivity contribution is 0.231. The van der Waals surface area contributed by atoms with Gasteiger partial charge in [0.25, 0.3) is 0 Å². The highest BCUT2D eigenvalue weighted by molar-refractivity contribution is 6.29. The van der Waals surface area contributed by atoms with Crippen molar-refractivity contribution >= 4 is 39.8 Å². The van der Waals surface area contributed by atoms with Crippen molar-refractivity contribution in [3.05, 3.63) is 66.1 Å². The molecule has 1 aliphatic rings. The second-order valence-corrected chi connectivity index (χ2v) is 9.41. The normalized spacial score (nSPS) is 14.8. The summed E-state index contributed by atoms with van der Waals surface area (Å²) in [5.74, 6) is 1.43. The summed E-state index contributed by atoms with van der Waals surface area (Å²) in [4.78, 5) is 17.1. The van der Waals surface area contributed by atoms with Gasteiger partial charge in [-0.25, -0.2) is 9.97 Å². The number of halogens is 1. The zero-order chi connectivity index (χ0) is 22.8. The smallest absolute Gasteiger partial charge is 0.137 e. The van der Waals surface area contributed by atoms with Crippen LogP contribution in [-0.4, -0.2) is 52.6 Å². The number of H-pyrrole nitrogens is 1. The van der Waals surface area contributed by atoms with Crippen LogP contribution in [0.15, 0.2) is 60.9 Å². The maximum Gasteiger partial charge on any atom is 0.137 e. The van der Waals surface area contributed by atoms with E-state index in [9.17, 15) is 0 Å². The topological polar surface area (TPSA) is 60.1 Å². The van der Waals surface area contributed by atoms with Gasteiger partial charge in [0.1, 0.15) is 16.6 Å². The molecule has 1 fully saturated rings. The molecule has 0 bridgehead atoms. The van der Waals surface area contributed by atoms with Crippen LogP contribution in [0.25, 0.3) is 22.2 Å². The molecule has 4 aromatic rings. The quantitative estimate of drug-likeness (QED) is 0.356. The fourth-order valence-electron chi connectivity index (χ4n) is 4.52. The molecule has 0 saturated carbocycles. The van der Waals surface area contributed by atoms with Gasteiger partial charge < -0.3 is 15.2 Å². The molecule has 6 nitrogen and oxygen atoms in total. The first-order valence-corrected chi connectivity index (χ1v) is 11.9. The molecule has 0 aliphatic carbocycles. The number of aromatic amines is 1. The van der Waals surface area contributed by atoms with E-state index in [4.69, 9.17) is 11.6 Å². The van der Waals surface area contributed by atoms with E-state index >= 15 is 0 Å². The molecule has 7 heteroatoms. The van der Waals surface area contributed by atoms with Gasteiger partial charge in [-0.05, 0) is 60.0 Å². The molecular weight excluding hydrogens is 432 g/mol. The average molecular weight is 461 g/mol. The van der Waals surface area contributed by atoms with Gasteiger partial charge in [-0.2, -0.15) is 0 Å². The van der Waals surface area contributed by atoms with Crippen molar-refractivity contribution in [2.75, 3.05) is 42.9 Å². The maximum atomic E-state index is 6.37. The van der Waals surface area contributed by atoms with Gasteiger partial charge in [0.15, 0.2) is 0 Å². The monoisotopic (exact) mass is 460 g/mol. The number of hydrogen-bond donors (Lipinski definition) is 2. The molecule has 0 amide bonds. The summed E-state index contributed by atoms with van der Waals surface area (Å²) < 4.78 is 0. The minimum absolute atomic E-state index is 0.448. The largest absolute Gasteiger partial charge is 0.369 e. The summed E-state index contributed by atoms with van der Waals surface area (Å²) in [6.07, 6.45) is 3.74. The van der Waals surface area contributed by atoms with E-state index in [1.807, 2.05) is 24.4 Å². The minimum Gasteiger partial charge on any atom is -0.369 e. The zero-order valence-electron chi connectivity index (χ0n) is 19.1. The van der Waals surface area contributed by atoms with Gasteiger partial charge in [0.05, 0.1) is 0 Å². The third-order valence-corrected chi connectivity index (χ3v) is 6.25. The first-order chi connectivity index (χ1) is 16.0. The molecule has 0 unspecified atom stereocenters. The van der Waals surface area contributed by atoms with Crippen LogP contribution < -0.4 is 10.2 Å². The minimum atomic E-state index is 0.448. The second-order valence-electron chi connectivity index (χ2n) is 9.02. The van der Waals surface area contributed by atoms with Crippen LogP contribution in [0.2, 0.25) is 5.15 Å². The molecule has 2 N–H and O–H groups in total. The number of aromatic nitrogens is 3. The Kier molecular flexibility index (Phi) is 6.20. The summed E-state index contributed by atoms with van der Waals surface area (Å²) >= 11 is 6.37. The molecule has 0 radical (unpaired) electrons. The van der Waals surface area contributed by atoms with Crippen molar-refractivity contribution in [3.8, 4) is 11.1 Å². The van der Waals surface area contributed by atoms with E-state index in [1.54, 1.807) is 6.20 Å². The molecule has 3 aromatic heterocycles. The Bertz CT molecular complexity index is 1230. The third kappa shape index (κ3) is 4.97. The Balaban J connectivity index is 1.29. The summed E-state index contributed by atoms with van der Waals surface area (Å²) in [5.41, 5.74) is 5.15. The van der Waals surface area contributed by atoms with Crippen molar-refractivity contribution in [1.29, 1.82) is 0 Å². The molecule has 170 valence electrons. The van der Waals surface area contributed by atoms with Crippen LogP contribution in [0.4, 0.5) is 17.2 Å². The molecule has 33 heavy (non-hydrogen) atoms. The van der Waals surface area contributed by atoms with Crippen LogP contribution in [-0.2, 0) is 0 Å². The average Bonchev–Trinajstić information content (AvgIpc) is 3.24. The Hall–Kier alpha value is -3.09. The number of nitrogens with zero attached hydrogens (tertiary/aromatic N) is 4. The maximum absolute atomic E-state index is 6.37. The van der Waals surface area contributed by atoms with Crippen LogP contribution >= 0.6 is 11.6 Å². The standard InChI is InChI=1S/C26H29ClN6/c1-18(2)17-32-10-12-33(13-11-32)21-7-5-20(6-8-21)30-25-15-19(14-24(27)31-25)23-16-29-26-22(23)4-3-9-28-26/h3-9,14-16,18H,10-13,17H2,1-2H3,(H,28,29)(H,30,31). The number of pyridine rings is 2. The van der Waals surface area contributed by atoms with E-state index in [2.05, 4.69) is 74.2 Å². The lowest BCUT2D eigenvalue weighted by atomic mass is 10.1. The Morgan fingerprint density at radius 3 is 2.61 bits per heavy atom. The number of rotatable bonds is 6. The number of anilines is 3. The molecule has 1 aliphatic heterocycles. The number of hydrogen-bond acceptors (Lipinski definition) is 5.